The minimum Gasteiger partial charge on any atom is -0.317 e. The molecule has 46 heavy (non-hydrogen) atoms. The van der Waals surface area contributed by atoms with E-state index in [1.54, 1.807) is 4.90 Å². The number of rotatable bonds is 9. The number of benzene rings is 2. The smallest absolute Gasteiger partial charge is 0.317 e. The van der Waals surface area contributed by atoms with Crippen LogP contribution in [0.3, 0.4) is 0 Å². The summed E-state index contributed by atoms with van der Waals surface area (Å²) in [5, 5.41) is 2.54. The number of halogens is 5. The minimum atomic E-state index is -4.89. The van der Waals surface area contributed by atoms with Crippen molar-refractivity contribution in [2.24, 2.45) is 11.8 Å². The van der Waals surface area contributed by atoms with Crippen molar-refractivity contribution in [3.63, 3.8) is 0 Å². The number of nitrogens with one attached hydrogen (secondary N) is 2. The maximum atomic E-state index is 14.5. The molecule has 2 aliphatic rings. The van der Waals surface area contributed by atoms with Crippen molar-refractivity contribution in [1.29, 1.82) is 0 Å². The Balaban J connectivity index is 1.50. The third kappa shape index (κ3) is 7.38. The van der Waals surface area contributed by atoms with Gasteiger partial charge in [0.1, 0.15) is 5.78 Å². The maximum absolute atomic E-state index is 14.5. The van der Waals surface area contributed by atoms with E-state index >= 15 is 0 Å². The van der Waals surface area contributed by atoms with Crippen molar-refractivity contribution in [2.45, 2.75) is 63.2 Å². The van der Waals surface area contributed by atoms with E-state index in [0.29, 0.717) is 42.4 Å². The molecule has 250 valence electrons. The fourth-order valence-corrected chi connectivity index (χ4v) is 8.08. The van der Waals surface area contributed by atoms with Crippen LogP contribution in [-0.2, 0) is 33.9 Å². The van der Waals surface area contributed by atoms with Crippen LogP contribution >= 0.6 is 23.2 Å². The Kier molecular flexibility index (Phi) is 10.4. The molecular weight excluding hydrogens is 668 g/mol. The Bertz CT molecular complexity index is 1870. The monoisotopic (exact) mass is 702 g/mol. The third-order valence-electron chi connectivity index (χ3n) is 8.98. The number of likely N-dealkylation sites (tertiary alicyclic amines) is 1. The SMILES string of the molecule is CCS(=O)(=O)c1ccc(Cl)cc1Cn1c(=O)[nH]c2c(Cl)c(CN3CCC[C@@H](C(=O)CC4CCNCC4)C3)c(C(F)(F)F)cc2c1=O. The average Bonchev–Trinajstić information content (AvgIpc) is 3.01. The maximum Gasteiger partial charge on any atom is 0.416 e. The number of fused-ring (bicyclic) bond motifs is 1. The van der Waals surface area contributed by atoms with Crippen molar-refractivity contribution >= 4 is 49.7 Å². The molecule has 15 heteroatoms. The first-order valence-corrected chi connectivity index (χ1v) is 17.6. The molecule has 1 atom stereocenters. The number of piperidine rings is 2. The molecule has 2 fully saturated rings. The lowest BCUT2D eigenvalue weighted by atomic mass is 9.85. The van der Waals surface area contributed by atoms with Gasteiger partial charge in [-0.25, -0.2) is 13.2 Å². The molecule has 0 unspecified atom stereocenters. The van der Waals surface area contributed by atoms with Gasteiger partial charge in [-0.2, -0.15) is 13.2 Å². The summed E-state index contributed by atoms with van der Waals surface area (Å²) in [6, 6.07) is 4.58. The van der Waals surface area contributed by atoms with Crippen LogP contribution in [0.4, 0.5) is 13.2 Å². The molecule has 0 amide bonds. The first kappa shape index (κ1) is 34.6. The number of sulfone groups is 1. The zero-order chi connectivity index (χ0) is 33.4. The van der Waals surface area contributed by atoms with Crippen molar-refractivity contribution in [3.8, 4) is 0 Å². The van der Waals surface area contributed by atoms with E-state index in [9.17, 15) is 36.0 Å². The number of hydrogen-bond donors (Lipinski definition) is 2. The zero-order valence-electron chi connectivity index (χ0n) is 25.2. The Morgan fingerprint density at radius 2 is 1.78 bits per heavy atom. The van der Waals surface area contributed by atoms with Crippen LogP contribution in [0.5, 0.6) is 0 Å². The molecular formula is C31H35Cl2F3N4O5S. The lowest BCUT2D eigenvalue weighted by Crippen LogP contribution is -2.40. The molecule has 1 aromatic heterocycles. The van der Waals surface area contributed by atoms with E-state index in [-0.39, 0.29) is 57.1 Å². The fourth-order valence-electron chi connectivity index (χ4n) is 6.47. The Morgan fingerprint density at radius 1 is 1.07 bits per heavy atom. The topological polar surface area (TPSA) is 121 Å². The van der Waals surface area contributed by atoms with Gasteiger partial charge in [-0.1, -0.05) is 30.1 Å². The molecule has 0 bridgehead atoms. The van der Waals surface area contributed by atoms with E-state index in [1.807, 2.05) is 0 Å². The lowest BCUT2D eigenvalue weighted by Gasteiger charge is -2.34. The van der Waals surface area contributed by atoms with E-state index in [1.165, 1.54) is 25.1 Å². The van der Waals surface area contributed by atoms with Gasteiger partial charge in [0.15, 0.2) is 9.84 Å². The normalized spacial score (nSPS) is 18.7. The summed E-state index contributed by atoms with van der Waals surface area (Å²) < 4.78 is 69.5. The van der Waals surface area contributed by atoms with E-state index in [4.69, 9.17) is 23.2 Å². The molecule has 2 aromatic carbocycles. The predicted octanol–water partition coefficient (Wildman–Crippen LogP) is 5.03. The molecule has 9 nitrogen and oxygen atoms in total. The van der Waals surface area contributed by atoms with Crippen molar-refractivity contribution < 1.29 is 26.4 Å². The van der Waals surface area contributed by atoms with Gasteiger partial charge in [0.05, 0.1) is 38.7 Å². The van der Waals surface area contributed by atoms with Crippen LogP contribution < -0.4 is 16.6 Å². The van der Waals surface area contributed by atoms with Crippen LogP contribution in [0.15, 0.2) is 38.8 Å². The van der Waals surface area contributed by atoms with E-state index in [2.05, 4.69) is 10.3 Å². The fraction of sp³-hybridized carbons (Fsp3) is 0.516. The van der Waals surface area contributed by atoms with Crippen molar-refractivity contribution in [3.05, 3.63) is 71.8 Å². The van der Waals surface area contributed by atoms with Gasteiger partial charge < -0.3 is 10.3 Å². The first-order valence-electron chi connectivity index (χ1n) is 15.2. The second kappa shape index (κ2) is 13.8. The van der Waals surface area contributed by atoms with Crippen LogP contribution in [0.1, 0.15) is 55.7 Å². The number of aromatic nitrogens is 2. The molecule has 0 spiro atoms. The van der Waals surface area contributed by atoms with E-state index < -0.39 is 49.8 Å². The van der Waals surface area contributed by atoms with Gasteiger partial charge in [0, 0.05) is 30.5 Å². The number of carbonyl (C=O) groups excluding carboxylic acids is 1. The Hall–Kier alpha value is -2.71. The van der Waals surface area contributed by atoms with Crippen LogP contribution in [0.2, 0.25) is 10.0 Å². The molecule has 0 aliphatic carbocycles. The second-order valence-electron chi connectivity index (χ2n) is 12.1. The largest absolute Gasteiger partial charge is 0.416 e. The minimum absolute atomic E-state index is 0.0365. The highest BCUT2D eigenvalue weighted by atomic mass is 35.5. The molecule has 0 radical (unpaired) electrons. The van der Waals surface area contributed by atoms with Crippen LogP contribution in [0.25, 0.3) is 10.9 Å². The molecule has 2 N–H and O–H groups in total. The summed E-state index contributed by atoms with van der Waals surface area (Å²) >= 11 is 12.6. The number of Topliss-reactive ketones (excluding diaryl/α,β-unsaturated/α-hetero) is 1. The van der Waals surface area contributed by atoms with E-state index in [0.717, 1.165) is 25.9 Å². The second-order valence-corrected chi connectivity index (χ2v) is 15.1. The summed E-state index contributed by atoms with van der Waals surface area (Å²) in [4.78, 5) is 43.9. The summed E-state index contributed by atoms with van der Waals surface area (Å²) in [6.07, 6.45) is -1.30. The Morgan fingerprint density at radius 3 is 2.46 bits per heavy atom. The van der Waals surface area contributed by atoms with Gasteiger partial charge in [0.2, 0.25) is 0 Å². The van der Waals surface area contributed by atoms with Crippen LogP contribution in [-0.4, -0.2) is 60.6 Å². The van der Waals surface area contributed by atoms with Crippen molar-refractivity contribution in [2.75, 3.05) is 31.9 Å². The van der Waals surface area contributed by atoms with Gasteiger partial charge in [-0.3, -0.25) is 19.1 Å². The molecule has 3 heterocycles. The third-order valence-corrected chi connectivity index (χ3v) is 11.5. The Labute approximate surface area is 274 Å². The van der Waals surface area contributed by atoms with Crippen LogP contribution in [0, 0.1) is 11.8 Å². The summed E-state index contributed by atoms with van der Waals surface area (Å²) in [6.45, 7) is 3.13. The van der Waals surface area contributed by atoms with Gasteiger partial charge in [0.25, 0.3) is 5.56 Å². The summed E-state index contributed by atoms with van der Waals surface area (Å²) in [5.41, 5.74) is -3.69. The highest BCUT2D eigenvalue weighted by Crippen LogP contribution is 2.39. The van der Waals surface area contributed by atoms with Gasteiger partial charge in [-0.15, -0.1) is 0 Å². The molecule has 0 saturated carbocycles. The molecule has 2 saturated heterocycles. The lowest BCUT2D eigenvalue weighted by molar-refractivity contribution is -0.138. The quantitative estimate of drug-likeness (QED) is 0.321. The number of ketones is 1. The summed E-state index contributed by atoms with van der Waals surface area (Å²) in [7, 11) is -3.79. The molecule has 3 aromatic rings. The summed E-state index contributed by atoms with van der Waals surface area (Å²) in [5.74, 6) is -0.130. The number of hydrogen-bond acceptors (Lipinski definition) is 7. The zero-order valence-corrected chi connectivity index (χ0v) is 27.5. The highest BCUT2D eigenvalue weighted by molar-refractivity contribution is 7.91. The molecule has 5 rings (SSSR count). The first-order chi connectivity index (χ1) is 21.7. The number of nitrogens with zero attached hydrogens (tertiary/aromatic N) is 2. The van der Waals surface area contributed by atoms with Gasteiger partial charge >= 0.3 is 11.9 Å². The average molecular weight is 704 g/mol. The highest BCUT2D eigenvalue weighted by Gasteiger charge is 2.37. The van der Waals surface area contributed by atoms with Crippen molar-refractivity contribution in [1.82, 2.24) is 19.8 Å². The number of H-pyrrole nitrogens is 1. The number of alkyl halides is 3. The number of carbonyl (C=O) groups is 1. The van der Waals surface area contributed by atoms with Gasteiger partial charge in [-0.05, 0) is 86.6 Å². The number of aromatic amines is 1. The molecule has 2 aliphatic heterocycles. The standard InChI is InChI=1S/C31H35Cl2F3N4O5S/c1-2-46(44,45)26-6-5-21(32)13-20(26)16-40-29(42)22-14-24(31(34,35)36)23(27(33)28(22)38-30(40)43)17-39-11-3-4-19(15-39)25(41)12-18-7-9-37-10-8-18/h5-6,13-14,18-19,37H,2-4,7-12,15-17H2,1H3,(H,38,43)/t19-/m1/s1. The predicted molar refractivity (Wildman–Crippen MR) is 170 cm³/mol.